The van der Waals surface area contributed by atoms with Gasteiger partial charge in [-0.15, -0.1) is 11.3 Å². The summed E-state index contributed by atoms with van der Waals surface area (Å²) in [4.78, 5) is 42.7. The van der Waals surface area contributed by atoms with Gasteiger partial charge in [-0.3, -0.25) is 14.5 Å². The zero-order valence-electron chi connectivity index (χ0n) is 22.3. The molecule has 3 atom stereocenters. The van der Waals surface area contributed by atoms with E-state index in [-0.39, 0.29) is 39.8 Å². The Morgan fingerprint density at radius 3 is 2.36 bits per heavy atom. The van der Waals surface area contributed by atoms with Crippen LogP contribution in [0.15, 0.2) is 88.7 Å². The lowest BCUT2D eigenvalue weighted by Gasteiger charge is -2.44. The van der Waals surface area contributed by atoms with Crippen molar-refractivity contribution in [1.82, 2.24) is 0 Å². The van der Waals surface area contributed by atoms with Crippen LogP contribution < -0.4 is 10.6 Å². The van der Waals surface area contributed by atoms with Gasteiger partial charge >= 0.3 is 18.1 Å². The second-order valence-electron chi connectivity index (χ2n) is 9.69. The summed E-state index contributed by atoms with van der Waals surface area (Å²) in [5.41, 5.74) is 6.18. The van der Waals surface area contributed by atoms with E-state index in [1.165, 1.54) is 23.3 Å². The number of benzene rings is 2. The molecule has 5 rings (SSSR count). The van der Waals surface area contributed by atoms with E-state index >= 15 is 0 Å². The molecule has 218 valence electrons. The second kappa shape index (κ2) is 11.3. The van der Waals surface area contributed by atoms with Crippen LogP contribution in [0.4, 0.5) is 18.9 Å². The van der Waals surface area contributed by atoms with E-state index in [4.69, 9.17) is 26.8 Å². The summed E-state index contributed by atoms with van der Waals surface area (Å²) in [5, 5.41) is 1.64. The van der Waals surface area contributed by atoms with Gasteiger partial charge in [-0.05, 0) is 41.6 Å². The van der Waals surface area contributed by atoms with E-state index in [1.54, 1.807) is 47.8 Å². The van der Waals surface area contributed by atoms with Gasteiger partial charge in [-0.1, -0.05) is 48.0 Å². The first-order valence-electron chi connectivity index (χ1n) is 12.7. The fraction of sp³-hybridized carbons (Fsp3) is 0.233. The lowest BCUT2D eigenvalue weighted by Crippen LogP contribution is -2.46. The number of methoxy groups -OCH3 is 2. The van der Waals surface area contributed by atoms with Crippen LogP contribution in [0.2, 0.25) is 5.02 Å². The molecule has 0 saturated heterocycles. The highest BCUT2D eigenvalue weighted by molar-refractivity contribution is 7.10. The highest BCUT2D eigenvalue weighted by atomic mass is 35.5. The van der Waals surface area contributed by atoms with E-state index < -0.39 is 47.2 Å². The number of thiophene rings is 1. The van der Waals surface area contributed by atoms with Crippen LogP contribution >= 0.6 is 22.9 Å². The number of carbonyl (C=O) groups excluding carboxylic acids is 3. The summed E-state index contributed by atoms with van der Waals surface area (Å²) in [6.45, 7) is 0. The van der Waals surface area contributed by atoms with Crippen molar-refractivity contribution in [3.8, 4) is 0 Å². The summed E-state index contributed by atoms with van der Waals surface area (Å²) >= 11 is 7.73. The quantitative estimate of drug-likeness (QED) is 0.270. The number of nitrogens with zero attached hydrogens (tertiary/aromatic N) is 1. The topological polar surface area (TPSA) is 98.9 Å². The number of ketones is 1. The molecule has 2 aromatic carbocycles. The normalized spacial score (nSPS) is 20.9. The molecular weight excluding hydrogens is 593 g/mol. The summed E-state index contributed by atoms with van der Waals surface area (Å²) in [5.74, 6) is -5.66. The van der Waals surface area contributed by atoms with Crippen molar-refractivity contribution in [2.24, 2.45) is 11.7 Å². The van der Waals surface area contributed by atoms with E-state index in [0.29, 0.717) is 10.4 Å². The Balaban J connectivity index is 1.85. The minimum Gasteiger partial charge on any atom is -0.468 e. The third-order valence-electron chi connectivity index (χ3n) is 7.47. The number of Topliss-reactive ketones (excluding diaryl/α,β-unsaturated/α-hetero) is 1. The fourth-order valence-electron chi connectivity index (χ4n) is 5.62. The largest absolute Gasteiger partial charge is 0.468 e. The molecule has 0 radical (unpaired) electrons. The number of rotatable bonds is 5. The van der Waals surface area contributed by atoms with Crippen LogP contribution in [0.3, 0.4) is 0 Å². The van der Waals surface area contributed by atoms with Gasteiger partial charge in [0.05, 0.1) is 42.0 Å². The lowest BCUT2D eigenvalue weighted by atomic mass is 9.68. The SMILES string of the molecule is COC(=O)C1=C(N)N(c2cc(C(F)(F)F)ccc2Cl)C2=C(C(=O)[C@H](C(=O)OC)[C@H](c3ccccc3)C2)[C@@H]1c1cccs1. The molecule has 12 heteroatoms. The number of ether oxygens (including phenoxy) is 2. The molecule has 2 heterocycles. The molecule has 1 aliphatic carbocycles. The van der Waals surface area contributed by atoms with Crippen molar-refractivity contribution < 1.29 is 37.0 Å². The molecule has 2 aliphatic rings. The summed E-state index contributed by atoms with van der Waals surface area (Å²) in [6, 6.07) is 14.9. The molecule has 0 unspecified atom stereocenters. The summed E-state index contributed by atoms with van der Waals surface area (Å²) < 4.78 is 51.6. The molecule has 1 aliphatic heterocycles. The molecule has 2 N–H and O–H groups in total. The van der Waals surface area contributed by atoms with Crippen LogP contribution in [0, 0.1) is 5.92 Å². The van der Waals surface area contributed by atoms with Crippen LogP contribution in [0.1, 0.15) is 34.3 Å². The van der Waals surface area contributed by atoms with Gasteiger partial charge in [-0.2, -0.15) is 13.2 Å². The van der Waals surface area contributed by atoms with Crippen LogP contribution in [-0.2, 0) is 30.0 Å². The van der Waals surface area contributed by atoms with Crippen molar-refractivity contribution >= 4 is 46.3 Å². The van der Waals surface area contributed by atoms with E-state index in [9.17, 15) is 27.6 Å². The number of esters is 2. The Labute approximate surface area is 248 Å². The fourth-order valence-corrected chi connectivity index (χ4v) is 6.67. The maximum atomic E-state index is 14.5. The molecule has 0 amide bonds. The van der Waals surface area contributed by atoms with Crippen molar-refractivity contribution in [2.75, 3.05) is 19.1 Å². The number of nitrogens with two attached hydrogens (primary N) is 1. The van der Waals surface area contributed by atoms with Crippen molar-refractivity contribution in [2.45, 2.75) is 24.4 Å². The van der Waals surface area contributed by atoms with Crippen molar-refractivity contribution in [1.29, 1.82) is 0 Å². The molecule has 0 fully saturated rings. The Morgan fingerprint density at radius 1 is 1.05 bits per heavy atom. The highest BCUT2D eigenvalue weighted by Crippen LogP contribution is 2.53. The smallest absolute Gasteiger partial charge is 0.416 e. The molecule has 1 aromatic heterocycles. The average molecular weight is 617 g/mol. The highest BCUT2D eigenvalue weighted by Gasteiger charge is 2.51. The zero-order valence-corrected chi connectivity index (χ0v) is 23.8. The molecule has 0 saturated carbocycles. The second-order valence-corrected chi connectivity index (χ2v) is 11.1. The van der Waals surface area contributed by atoms with Gasteiger partial charge < -0.3 is 15.2 Å². The first kappa shape index (κ1) is 29.4. The lowest BCUT2D eigenvalue weighted by molar-refractivity contribution is -0.150. The Hall–Kier alpha value is -4.09. The van der Waals surface area contributed by atoms with Gasteiger partial charge in [0.2, 0.25) is 0 Å². The minimum atomic E-state index is -4.72. The van der Waals surface area contributed by atoms with Crippen molar-refractivity contribution in [3.63, 3.8) is 0 Å². The molecule has 7 nitrogen and oxygen atoms in total. The Kier molecular flexibility index (Phi) is 7.91. The van der Waals surface area contributed by atoms with E-state index in [2.05, 4.69) is 0 Å². The van der Waals surface area contributed by atoms with Gasteiger partial charge in [0.25, 0.3) is 0 Å². The predicted octanol–water partition coefficient (Wildman–Crippen LogP) is 6.17. The number of hydrogen-bond acceptors (Lipinski definition) is 8. The molecule has 0 spiro atoms. The summed E-state index contributed by atoms with van der Waals surface area (Å²) in [7, 11) is 2.30. The van der Waals surface area contributed by atoms with Gasteiger partial charge in [0.15, 0.2) is 5.78 Å². The Bertz CT molecular complexity index is 1620. The molecule has 3 aromatic rings. The van der Waals surface area contributed by atoms with Gasteiger partial charge in [0.1, 0.15) is 11.7 Å². The number of halogens is 4. The van der Waals surface area contributed by atoms with Crippen LogP contribution in [-0.4, -0.2) is 31.9 Å². The number of anilines is 1. The van der Waals surface area contributed by atoms with E-state index in [1.807, 2.05) is 0 Å². The number of alkyl halides is 3. The number of allylic oxidation sites excluding steroid dienone is 2. The zero-order chi connectivity index (χ0) is 30.3. The van der Waals surface area contributed by atoms with Crippen molar-refractivity contribution in [3.05, 3.63) is 110 Å². The predicted molar refractivity (Wildman–Crippen MR) is 151 cm³/mol. The number of carbonyl (C=O) groups is 3. The third kappa shape index (κ3) is 4.96. The number of hydrogen-bond donors (Lipinski definition) is 1. The molecule has 42 heavy (non-hydrogen) atoms. The maximum absolute atomic E-state index is 14.5. The maximum Gasteiger partial charge on any atom is 0.416 e. The van der Waals surface area contributed by atoms with Gasteiger partial charge in [-0.25, -0.2) is 4.79 Å². The van der Waals surface area contributed by atoms with E-state index in [0.717, 1.165) is 25.3 Å². The molecule has 0 bridgehead atoms. The van der Waals surface area contributed by atoms with Gasteiger partial charge in [0, 0.05) is 22.1 Å². The average Bonchev–Trinajstić information content (AvgIpc) is 3.51. The monoisotopic (exact) mass is 616 g/mol. The third-order valence-corrected chi connectivity index (χ3v) is 8.73. The first-order chi connectivity index (χ1) is 20.0. The Morgan fingerprint density at radius 2 is 1.76 bits per heavy atom. The van der Waals surface area contributed by atoms with Crippen LogP contribution in [0.25, 0.3) is 0 Å². The standard InChI is InChI=1S/C30H24ClF3N2O5S/c1-40-28(38)22-17(15-7-4-3-5-8-15)14-20-23(26(22)37)24(21-9-6-12-42-21)25(29(39)41-2)27(35)36(20)19-13-16(30(32,33)34)10-11-18(19)31/h3-13,17,22,24H,14,35H2,1-2H3/t17-,22+,24-/m0/s1. The molecular formula is C30H24ClF3N2O5S. The summed E-state index contributed by atoms with van der Waals surface area (Å²) in [6.07, 6.45) is -4.73. The minimum absolute atomic E-state index is 0.00550. The first-order valence-corrected chi connectivity index (χ1v) is 13.9. The van der Waals surface area contributed by atoms with Crippen LogP contribution in [0.5, 0.6) is 0 Å².